The molecule has 1 aliphatic rings. The van der Waals surface area contributed by atoms with Gasteiger partial charge in [-0.05, 0) is 19.8 Å². The quantitative estimate of drug-likeness (QED) is 0.921. The number of aromatic nitrogens is 2. The highest BCUT2D eigenvalue weighted by molar-refractivity contribution is 6.32. The number of anilines is 2. The summed E-state index contributed by atoms with van der Waals surface area (Å²) >= 11 is 6.23. The van der Waals surface area contributed by atoms with Crippen LogP contribution in [0.15, 0.2) is 6.20 Å². The Bertz CT molecular complexity index is 416. The second kappa shape index (κ2) is 6.91. The van der Waals surface area contributed by atoms with Gasteiger partial charge in [-0.2, -0.15) is 4.98 Å². The van der Waals surface area contributed by atoms with E-state index in [9.17, 15) is 0 Å². The van der Waals surface area contributed by atoms with E-state index in [2.05, 4.69) is 34.0 Å². The van der Waals surface area contributed by atoms with E-state index < -0.39 is 0 Å². The predicted molar refractivity (Wildman–Crippen MR) is 78.1 cm³/mol. The van der Waals surface area contributed by atoms with Crippen LogP contribution in [0.1, 0.15) is 26.7 Å². The van der Waals surface area contributed by atoms with Gasteiger partial charge in [0.2, 0.25) is 5.95 Å². The zero-order valence-corrected chi connectivity index (χ0v) is 12.3. The van der Waals surface area contributed by atoms with Crippen LogP contribution in [0.25, 0.3) is 0 Å². The van der Waals surface area contributed by atoms with Gasteiger partial charge in [0.25, 0.3) is 0 Å². The van der Waals surface area contributed by atoms with Crippen molar-refractivity contribution in [3.05, 3.63) is 11.2 Å². The fraction of sp³-hybridized carbons (Fsp3) is 0.692. The largest absolute Gasteiger partial charge is 0.377 e. The number of halogens is 1. The second-order valence-electron chi connectivity index (χ2n) is 4.77. The minimum Gasteiger partial charge on any atom is -0.377 e. The van der Waals surface area contributed by atoms with E-state index in [1.54, 1.807) is 6.20 Å². The molecule has 19 heavy (non-hydrogen) atoms. The van der Waals surface area contributed by atoms with Crippen molar-refractivity contribution < 1.29 is 4.74 Å². The van der Waals surface area contributed by atoms with Gasteiger partial charge in [0.15, 0.2) is 5.82 Å². The maximum Gasteiger partial charge on any atom is 0.224 e. The minimum absolute atomic E-state index is 0.195. The van der Waals surface area contributed by atoms with Crippen molar-refractivity contribution in [1.82, 2.24) is 9.97 Å². The lowest BCUT2D eigenvalue weighted by Gasteiger charge is -2.24. The van der Waals surface area contributed by atoms with Crippen molar-refractivity contribution >= 4 is 23.4 Å². The predicted octanol–water partition coefficient (Wildman–Crippen LogP) is 2.57. The summed E-state index contributed by atoms with van der Waals surface area (Å²) in [5, 5.41) is 3.78. The van der Waals surface area contributed by atoms with Gasteiger partial charge >= 0.3 is 0 Å². The van der Waals surface area contributed by atoms with Gasteiger partial charge in [-0.3, -0.25) is 0 Å². The lowest BCUT2D eigenvalue weighted by molar-refractivity contribution is 0.0820. The Balaban J connectivity index is 2.16. The van der Waals surface area contributed by atoms with Crippen LogP contribution >= 0.6 is 11.6 Å². The molecule has 106 valence electrons. The molecule has 1 fully saturated rings. The van der Waals surface area contributed by atoms with Crippen molar-refractivity contribution in [3.63, 3.8) is 0 Å². The van der Waals surface area contributed by atoms with Gasteiger partial charge < -0.3 is 15.0 Å². The molecular formula is C13H21ClN4O. The molecule has 5 nitrogen and oxygen atoms in total. The lowest BCUT2D eigenvalue weighted by atomic mass is 10.3. The van der Waals surface area contributed by atoms with Gasteiger partial charge in [-0.25, -0.2) is 4.98 Å². The number of nitrogens with one attached hydrogen (secondary N) is 1. The SMILES string of the molecule is CCCNc1ncc(Cl)c(N2CCCOC(C)C2)n1. The standard InChI is InChI=1S/C13H21ClN4O/c1-3-5-15-13-16-8-11(14)12(17-13)18-6-4-7-19-10(2)9-18/h8,10H,3-7,9H2,1-2H3,(H,15,16,17). The third-order valence-electron chi connectivity index (χ3n) is 3.01. The maximum absolute atomic E-state index is 6.23. The molecule has 0 amide bonds. The first kappa shape index (κ1) is 14.3. The minimum atomic E-state index is 0.195. The summed E-state index contributed by atoms with van der Waals surface area (Å²) in [7, 11) is 0. The Labute approximate surface area is 119 Å². The first-order chi connectivity index (χ1) is 9.20. The second-order valence-corrected chi connectivity index (χ2v) is 5.18. The summed E-state index contributed by atoms with van der Waals surface area (Å²) in [5.74, 6) is 1.44. The Morgan fingerprint density at radius 2 is 2.42 bits per heavy atom. The Kier molecular flexibility index (Phi) is 5.22. The highest BCUT2D eigenvalue weighted by Gasteiger charge is 2.19. The summed E-state index contributed by atoms with van der Waals surface area (Å²) in [6, 6.07) is 0. The summed E-state index contributed by atoms with van der Waals surface area (Å²) < 4.78 is 5.65. The van der Waals surface area contributed by atoms with Crippen LogP contribution in [0.4, 0.5) is 11.8 Å². The summed E-state index contributed by atoms with van der Waals surface area (Å²) in [6.07, 6.45) is 3.89. The first-order valence-corrected chi connectivity index (χ1v) is 7.21. The third kappa shape index (κ3) is 3.94. The molecule has 6 heteroatoms. The monoisotopic (exact) mass is 284 g/mol. The number of hydrogen-bond acceptors (Lipinski definition) is 5. The molecule has 1 aliphatic heterocycles. The van der Waals surface area contributed by atoms with Gasteiger partial charge in [0.1, 0.15) is 5.02 Å². The fourth-order valence-corrected chi connectivity index (χ4v) is 2.30. The van der Waals surface area contributed by atoms with Crippen molar-refractivity contribution in [2.24, 2.45) is 0 Å². The smallest absolute Gasteiger partial charge is 0.224 e. The van der Waals surface area contributed by atoms with Gasteiger partial charge in [0, 0.05) is 26.2 Å². The van der Waals surface area contributed by atoms with E-state index in [-0.39, 0.29) is 6.10 Å². The topological polar surface area (TPSA) is 50.3 Å². The maximum atomic E-state index is 6.23. The number of rotatable bonds is 4. The molecule has 1 aromatic heterocycles. The number of hydrogen-bond donors (Lipinski definition) is 1. The summed E-state index contributed by atoms with van der Waals surface area (Å²) in [5.41, 5.74) is 0. The zero-order valence-electron chi connectivity index (χ0n) is 11.5. The molecular weight excluding hydrogens is 264 g/mol. The highest BCUT2D eigenvalue weighted by Crippen LogP contribution is 2.25. The fourth-order valence-electron chi connectivity index (χ4n) is 2.09. The molecule has 0 aromatic carbocycles. The molecule has 0 bridgehead atoms. The molecule has 0 aliphatic carbocycles. The van der Waals surface area contributed by atoms with Crippen LogP contribution in [0, 0.1) is 0 Å². The van der Waals surface area contributed by atoms with Crippen LogP contribution < -0.4 is 10.2 Å². The van der Waals surface area contributed by atoms with Gasteiger partial charge in [-0.1, -0.05) is 18.5 Å². The molecule has 1 aromatic rings. The van der Waals surface area contributed by atoms with Crippen LogP contribution in [0.2, 0.25) is 5.02 Å². The van der Waals surface area contributed by atoms with Crippen molar-refractivity contribution in [1.29, 1.82) is 0 Å². The molecule has 0 saturated carbocycles. The molecule has 2 heterocycles. The molecule has 1 atom stereocenters. The number of nitrogens with zero attached hydrogens (tertiary/aromatic N) is 3. The van der Waals surface area contributed by atoms with Crippen LogP contribution in [-0.2, 0) is 4.74 Å². The Morgan fingerprint density at radius 3 is 3.21 bits per heavy atom. The van der Waals surface area contributed by atoms with Crippen molar-refractivity contribution in [2.45, 2.75) is 32.8 Å². The summed E-state index contributed by atoms with van der Waals surface area (Å²) in [6.45, 7) is 7.56. The molecule has 1 N–H and O–H groups in total. The molecule has 0 spiro atoms. The molecule has 1 saturated heterocycles. The van der Waals surface area contributed by atoms with E-state index in [1.807, 2.05) is 0 Å². The Hall–Kier alpha value is -1.07. The van der Waals surface area contributed by atoms with Gasteiger partial charge in [0.05, 0.1) is 12.3 Å². The van der Waals surface area contributed by atoms with E-state index in [1.165, 1.54) is 0 Å². The zero-order chi connectivity index (χ0) is 13.7. The van der Waals surface area contributed by atoms with Crippen LogP contribution in [0.5, 0.6) is 0 Å². The van der Waals surface area contributed by atoms with Gasteiger partial charge in [-0.15, -0.1) is 0 Å². The summed E-state index contributed by atoms with van der Waals surface area (Å²) in [4.78, 5) is 10.9. The average molecular weight is 285 g/mol. The lowest BCUT2D eigenvalue weighted by Crippen LogP contribution is -2.31. The van der Waals surface area contributed by atoms with Crippen LogP contribution in [-0.4, -0.2) is 42.3 Å². The molecule has 1 unspecified atom stereocenters. The highest BCUT2D eigenvalue weighted by atomic mass is 35.5. The number of ether oxygens (including phenoxy) is 1. The van der Waals surface area contributed by atoms with E-state index in [0.29, 0.717) is 11.0 Å². The normalized spacial score (nSPS) is 20.2. The Morgan fingerprint density at radius 1 is 1.58 bits per heavy atom. The molecule has 2 rings (SSSR count). The van der Waals surface area contributed by atoms with Crippen LogP contribution in [0.3, 0.4) is 0 Å². The first-order valence-electron chi connectivity index (χ1n) is 6.83. The third-order valence-corrected chi connectivity index (χ3v) is 3.28. The van der Waals surface area contributed by atoms with E-state index >= 15 is 0 Å². The van der Waals surface area contributed by atoms with E-state index in [4.69, 9.17) is 16.3 Å². The van der Waals surface area contributed by atoms with E-state index in [0.717, 1.165) is 44.9 Å². The van der Waals surface area contributed by atoms with Crippen molar-refractivity contribution in [2.75, 3.05) is 36.5 Å². The van der Waals surface area contributed by atoms with Crippen molar-refractivity contribution in [3.8, 4) is 0 Å². The molecule has 0 radical (unpaired) electrons. The average Bonchev–Trinajstić information content (AvgIpc) is 2.62.